The average Bonchev–Trinajstić information content (AvgIpc) is 2.88. The number of carbonyl (C=O) groups is 2. The van der Waals surface area contributed by atoms with Crippen LogP contribution in [0.25, 0.3) is 0 Å². The number of anilines is 1. The predicted molar refractivity (Wildman–Crippen MR) is 158 cm³/mol. The molecule has 7 nitrogen and oxygen atoms in total. The average molecular weight is 591 g/mol. The van der Waals surface area contributed by atoms with E-state index < -0.39 is 28.5 Å². The molecular formula is C29H33Cl2N3O4S. The molecule has 0 aliphatic rings. The van der Waals surface area contributed by atoms with Crippen molar-refractivity contribution < 1.29 is 18.0 Å². The minimum absolute atomic E-state index is 0.115. The molecule has 3 rings (SSSR count). The van der Waals surface area contributed by atoms with Crippen molar-refractivity contribution in [2.24, 2.45) is 0 Å². The van der Waals surface area contributed by atoms with E-state index in [1.807, 2.05) is 68.4 Å². The Bertz CT molecular complexity index is 1360. The van der Waals surface area contributed by atoms with Crippen molar-refractivity contribution in [2.45, 2.75) is 39.3 Å². The molecule has 1 unspecified atom stereocenters. The number of benzene rings is 3. The van der Waals surface area contributed by atoms with Gasteiger partial charge in [0, 0.05) is 29.6 Å². The fourth-order valence-electron chi connectivity index (χ4n) is 4.11. The standard InChI is InChI=1S/C29H33Cl2N3O4S/c1-4-14-32-29(36)27(15-22-8-6-5-7-9-22)33(19-23-12-10-21(2)11-13-23)28(35)20-34(39(3,37)38)26-17-24(30)16-25(31)18-26/h5-13,16-18,27H,4,14-15,19-20H2,1-3H3,(H,32,36). The van der Waals surface area contributed by atoms with E-state index in [9.17, 15) is 18.0 Å². The van der Waals surface area contributed by atoms with Gasteiger partial charge in [0.25, 0.3) is 0 Å². The highest BCUT2D eigenvalue weighted by Gasteiger charge is 2.33. The number of hydrogen-bond donors (Lipinski definition) is 1. The third-order valence-electron chi connectivity index (χ3n) is 6.11. The van der Waals surface area contributed by atoms with Crippen LogP contribution in [0.1, 0.15) is 30.0 Å². The topological polar surface area (TPSA) is 86.8 Å². The number of halogens is 2. The Kier molecular flexibility index (Phi) is 10.8. The number of amides is 2. The summed E-state index contributed by atoms with van der Waals surface area (Å²) in [6.07, 6.45) is 2.00. The Labute approximate surface area is 240 Å². The molecule has 1 N–H and O–H groups in total. The summed E-state index contributed by atoms with van der Waals surface area (Å²) in [6.45, 7) is 3.94. The highest BCUT2D eigenvalue weighted by molar-refractivity contribution is 7.92. The molecule has 0 radical (unpaired) electrons. The van der Waals surface area contributed by atoms with Crippen LogP contribution in [-0.4, -0.2) is 50.5 Å². The van der Waals surface area contributed by atoms with Gasteiger partial charge in [-0.3, -0.25) is 13.9 Å². The van der Waals surface area contributed by atoms with E-state index in [0.29, 0.717) is 6.54 Å². The molecule has 0 aliphatic carbocycles. The third-order valence-corrected chi connectivity index (χ3v) is 7.69. The first-order valence-electron chi connectivity index (χ1n) is 12.6. The lowest BCUT2D eigenvalue weighted by Crippen LogP contribution is -2.53. The van der Waals surface area contributed by atoms with Crippen LogP contribution in [0.5, 0.6) is 0 Å². The van der Waals surface area contributed by atoms with Gasteiger partial charge in [-0.2, -0.15) is 0 Å². The molecule has 2 amide bonds. The molecule has 0 saturated heterocycles. The highest BCUT2D eigenvalue weighted by atomic mass is 35.5. The second kappa shape index (κ2) is 13.8. The van der Waals surface area contributed by atoms with Gasteiger partial charge in [-0.15, -0.1) is 0 Å². The molecule has 0 saturated carbocycles. The monoisotopic (exact) mass is 589 g/mol. The first kappa shape index (κ1) is 30.5. The molecule has 39 heavy (non-hydrogen) atoms. The minimum Gasteiger partial charge on any atom is -0.354 e. The largest absolute Gasteiger partial charge is 0.354 e. The second-order valence-corrected chi connectivity index (χ2v) is 12.2. The van der Waals surface area contributed by atoms with Crippen molar-refractivity contribution in [1.29, 1.82) is 0 Å². The van der Waals surface area contributed by atoms with Gasteiger partial charge in [-0.25, -0.2) is 8.42 Å². The molecule has 1 atom stereocenters. The van der Waals surface area contributed by atoms with E-state index in [1.54, 1.807) is 0 Å². The van der Waals surface area contributed by atoms with E-state index in [-0.39, 0.29) is 34.6 Å². The van der Waals surface area contributed by atoms with Gasteiger partial charge in [0.05, 0.1) is 11.9 Å². The molecule has 0 fully saturated rings. The Hall–Kier alpha value is -3.07. The van der Waals surface area contributed by atoms with E-state index in [2.05, 4.69) is 5.32 Å². The molecule has 3 aromatic carbocycles. The summed E-state index contributed by atoms with van der Waals surface area (Å²) in [5.74, 6) is -0.845. The Morgan fingerprint density at radius 2 is 1.54 bits per heavy atom. The van der Waals surface area contributed by atoms with Gasteiger partial charge in [-0.1, -0.05) is 90.3 Å². The van der Waals surface area contributed by atoms with Crippen LogP contribution in [0.2, 0.25) is 10.0 Å². The summed E-state index contributed by atoms with van der Waals surface area (Å²) in [7, 11) is -3.91. The van der Waals surface area contributed by atoms with Crippen LogP contribution in [0.3, 0.4) is 0 Å². The SMILES string of the molecule is CCCNC(=O)C(Cc1ccccc1)N(Cc1ccc(C)cc1)C(=O)CN(c1cc(Cl)cc(Cl)c1)S(C)(=O)=O. The number of nitrogens with zero attached hydrogens (tertiary/aromatic N) is 2. The Balaban J connectivity index is 2.05. The maximum absolute atomic E-state index is 14.0. The van der Waals surface area contributed by atoms with Gasteiger partial charge in [-0.05, 0) is 42.7 Å². The zero-order chi connectivity index (χ0) is 28.6. The molecular weight excluding hydrogens is 557 g/mol. The van der Waals surface area contributed by atoms with Crippen molar-refractivity contribution in [2.75, 3.05) is 23.7 Å². The normalized spacial score (nSPS) is 12.0. The van der Waals surface area contributed by atoms with Crippen molar-refractivity contribution >= 4 is 50.7 Å². The van der Waals surface area contributed by atoms with Crippen molar-refractivity contribution in [1.82, 2.24) is 10.2 Å². The molecule has 0 spiro atoms. The zero-order valence-corrected chi connectivity index (χ0v) is 24.6. The van der Waals surface area contributed by atoms with E-state index in [0.717, 1.165) is 33.7 Å². The summed E-state index contributed by atoms with van der Waals surface area (Å²) in [4.78, 5) is 28.9. The van der Waals surface area contributed by atoms with E-state index in [4.69, 9.17) is 23.2 Å². The fraction of sp³-hybridized carbons (Fsp3) is 0.310. The highest BCUT2D eigenvalue weighted by Crippen LogP contribution is 2.27. The molecule has 0 aromatic heterocycles. The quantitative estimate of drug-likeness (QED) is 0.313. The van der Waals surface area contributed by atoms with Crippen LogP contribution >= 0.6 is 23.2 Å². The lowest BCUT2D eigenvalue weighted by atomic mass is 10.0. The van der Waals surface area contributed by atoms with Crippen molar-refractivity contribution in [3.63, 3.8) is 0 Å². The molecule has 208 valence electrons. The van der Waals surface area contributed by atoms with Crippen molar-refractivity contribution in [3.8, 4) is 0 Å². The maximum Gasteiger partial charge on any atom is 0.244 e. The van der Waals surface area contributed by atoms with E-state index >= 15 is 0 Å². The maximum atomic E-state index is 14.0. The minimum atomic E-state index is -3.91. The second-order valence-electron chi connectivity index (χ2n) is 9.40. The predicted octanol–water partition coefficient (Wildman–Crippen LogP) is 5.23. The number of rotatable bonds is 12. The number of aryl methyl sites for hydroxylation is 1. The number of hydrogen-bond acceptors (Lipinski definition) is 4. The van der Waals surface area contributed by atoms with Gasteiger partial charge >= 0.3 is 0 Å². The van der Waals surface area contributed by atoms with Gasteiger partial charge < -0.3 is 10.2 Å². The smallest absolute Gasteiger partial charge is 0.244 e. The fourth-order valence-corrected chi connectivity index (χ4v) is 5.45. The molecule has 0 bridgehead atoms. The summed E-state index contributed by atoms with van der Waals surface area (Å²) < 4.78 is 26.6. The number of carbonyl (C=O) groups excluding carboxylic acids is 2. The van der Waals surface area contributed by atoms with Crippen LogP contribution < -0.4 is 9.62 Å². The Morgan fingerprint density at radius 3 is 2.10 bits per heavy atom. The summed E-state index contributed by atoms with van der Waals surface area (Å²) in [6, 6.07) is 20.5. The number of nitrogens with one attached hydrogen (secondary N) is 1. The van der Waals surface area contributed by atoms with Gasteiger partial charge in [0.1, 0.15) is 12.6 Å². The molecule has 10 heteroatoms. The molecule has 0 aliphatic heterocycles. The van der Waals surface area contributed by atoms with Crippen LogP contribution in [0.15, 0.2) is 72.8 Å². The van der Waals surface area contributed by atoms with E-state index in [1.165, 1.54) is 23.1 Å². The summed E-state index contributed by atoms with van der Waals surface area (Å²) in [5.41, 5.74) is 2.90. The zero-order valence-electron chi connectivity index (χ0n) is 22.2. The summed E-state index contributed by atoms with van der Waals surface area (Å²) in [5, 5.41) is 3.38. The van der Waals surface area contributed by atoms with Crippen LogP contribution in [0.4, 0.5) is 5.69 Å². The van der Waals surface area contributed by atoms with Gasteiger partial charge in [0.15, 0.2) is 0 Å². The number of sulfonamides is 1. The lowest BCUT2D eigenvalue weighted by Gasteiger charge is -2.33. The first-order chi connectivity index (χ1) is 18.5. The molecule has 3 aromatic rings. The van der Waals surface area contributed by atoms with Crippen LogP contribution in [-0.2, 0) is 32.6 Å². The third kappa shape index (κ3) is 8.98. The van der Waals surface area contributed by atoms with Crippen LogP contribution in [0, 0.1) is 6.92 Å². The van der Waals surface area contributed by atoms with Crippen molar-refractivity contribution in [3.05, 3.63) is 99.5 Å². The van der Waals surface area contributed by atoms with Gasteiger partial charge in [0.2, 0.25) is 21.8 Å². The molecule has 0 heterocycles. The Morgan fingerprint density at radius 1 is 0.923 bits per heavy atom. The first-order valence-corrected chi connectivity index (χ1v) is 15.2. The summed E-state index contributed by atoms with van der Waals surface area (Å²) >= 11 is 12.3. The lowest BCUT2D eigenvalue weighted by molar-refractivity contribution is -0.140.